The van der Waals surface area contributed by atoms with Gasteiger partial charge in [-0.25, -0.2) is 4.79 Å². The van der Waals surface area contributed by atoms with Gasteiger partial charge < -0.3 is 19.0 Å². The predicted molar refractivity (Wildman–Crippen MR) is 119 cm³/mol. The van der Waals surface area contributed by atoms with E-state index in [1.54, 1.807) is 12.1 Å². The molecule has 0 aliphatic rings. The summed E-state index contributed by atoms with van der Waals surface area (Å²) in [6.45, 7) is 1.94. The molecule has 4 rings (SSSR count). The van der Waals surface area contributed by atoms with Crippen LogP contribution in [0.1, 0.15) is 28.8 Å². The van der Waals surface area contributed by atoms with Crippen LogP contribution in [0, 0.1) is 0 Å². The Morgan fingerprint density at radius 2 is 1.87 bits per heavy atom. The first-order valence-corrected chi connectivity index (χ1v) is 9.70. The largest absolute Gasteiger partial charge is 0.463 e. The summed E-state index contributed by atoms with van der Waals surface area (Å²) in [7, 11) is 1.32. The zero-order valence-corrected chi connectivity index (χ0v) is 17.2. The molecule has 0 unspecified atom stereocenters. The van der Waals surface area contributed by atoms with E-state index in [0.29, 0.717) is 12.3 Å². The average molecular weight is 415 g/mol. The zero-order valence-electron chi connectivity index (χ0n) is 17.2. The number of esters is 1. The number of nitrogens with one attached hydrogen (secondary N) is 1. The van der Waals surface area contributed by atoms with Crippen LogP contribution in [0.4, 0.5) is 11.4 Å². The van der Waals surface area contributed by atoms with Crippen molar-refractivity contribution >= 4 is 40.4 Å². The molecule has 1 N–H and O–H groups in total. The summed E-state index contributed by atoms with van der Waals surface area (Å²) in [5, 5.41) is 3.79. The van der Waals surface area contributed by atoms with E-state index < -0.39 is 5.97 Å². The van der Waals surface area contributed by atoms with Crippen LogP contribution in [0.15, 0.2) is 76.3 Å². The van der Waals surface area contributed by atoms with Crippen LogP contribution < -0.4 is 5.32 Å². The number of aliphatic imine (C=N–C) groups is 1. The Morgan fingerprint density at radius 3 is 2.61 bits per heavy atom. The number of benzene rings is 2. The van der Waals surface area contributed by atoms with Crippen molar-refractivity contribution in [3.8, 4) is 0 Å². The third-order valence-electron chi connectivity index (χ3n) is 4.73. The summed E-state index contributed by atoms with van der Waals surface area (Å²) in [4.78, 5) is 27.3. The zero-order chi connectivity index (χ0) is 21.8. The number of carbonyl (C=O) groups is 2. The Morgan fingerprint density at radius 1 is 1.10 bits per heavy atom. The molecule has 7 nitrogen and oxygen atoms in total. The van der Waals surface area contributed by atoms with E-state index in [9.17, 15) is 9.59 Å². The molecule has 2 heterocycles. The van der Waals surface area contributed by atoms with E-state index in [0.717, 1.165) is 27.8 Å². The van der Waals surface area contributed by atoms with Gasteiger partial charge in [0.05, 0.1) is 19.3 Å². The molecule has 2 aromatic carbocycles. The quantitative estimate of drug-likeness (QED) is 0.363. The number of fused-ring (bicyclic) bond motifs is 1. The number of aromatic nitrogens is 1. The number of methoxy groups -OCH3 is 1. The molecule has 156 valence electrons. The second-order valence-corrected chi connectivity index (χ2v) is 6.97. The molecule has 0 bridgehead atoms. The lowest BCUT2D eigenvalue weighted by Crippen LogP contribution is -2.04. The number of ether oxygens (including phenoxy) is 1. The molecule has 0 atom stereocenters. The monoisotopic (exact) mass is 415 g/mol. The molecule has 0 aliphatic heterocycles. The Bertz CT molecular complexity index is 1270. The van der Waals surface area contributed by atoms with Crippen molar-refractivity contribution in [2.24, 2.45) is 4.99 Å². The van der Waals surface area contributed by atoms with E-state index in [4.69, 9.17) is 9.15 Å². The van der Waals surface area contributed by atoms with Gasteiger partial charge in [0, 0.05) is 41.5 Å². The van der Waals surface area contributed by atoms with Crippen LogP contribution in [0.5, 0.6) is 0 Å². The molecule has 1 amide bonds. The summed E-state index contributed by atoms with van der Waals surface area (Å²) in [5.41, 5.74) is 3.50. The van der Waals surface area contributed by atoms with Crippen LogP contribution in [0.2, 0.25) is 0 Å². The molecule has 0 radical (unpaired) electrons. The normalized spacial score (nSPS) is 11.2. The highest BCUT2D eigenvalue weighted by atomic mass is 16.5. The topological polar surface area (TPSA) is 85.8 Å². The van der Waals surface area contributed by atoms with Gasteiger partial charge in [-0.05, 0) is 42.5 Å². The van der Waals surface area contributed by atoms with Crippen LogP contribution in [-0.4, -0.2) is 29.8 Å². The van der Waals surface area contributed by atoms with Gasteiger partial charge in [-0.3, -0.25) is 9.79 Å². The highest BCUT2D eigenvalue weighted by molar-refractivity contribution is 6.00. The molecule has 4 aromatic rings. The fraction of sp³-hybridized carbons (Fsp3) is 0.125. The number of hydrogen-bond acceptors (Lipinski definition) is 5. The second-order valence-electron chi connectivity index (χ2n) is 6.97. The molecule has 0 spiro atoms. The van der Waals surface area contributed by atoms with E-state index in [1.807, 2.05) is 60.9 Å². The number of para-hydroxylation sites is 1. The van der Waals surface area contributed by atoms with Crippen molar-refractivity contribution in [2.45, 2.75) is 13.5 Å². The van der Waals surface area contributed by atoms with Crippen molar-refractivity contribution in [1.82, 2.24) is 4.57 Å². The Kier molecular flexibility index (Phi) is 5.66. The van der Waals surface area contributed by atoms with Gasteiger partial charge in [0.1, 0.15) is 5.76 Å². The van der Waals surface area contributed by atoms with Gasteiger partial charge in [-0.15, -0.1) is 0 Å². The number of carbonyl (C=O) groups excluding carboxylic acids is 2. The molecule has 0 saturated heterocycles. The fourth-order valence-electron chi connectivity index (χ4n) is 3.33. The van der Waals surface area contributed by atoms with Crippen molar-refractivity contribution in [3.63, 3.8) is 0 Å². The number of furan rings is 1. The number of anilines is 1. The minimum atomic E-state index is -0.499. The third-order valence-corrected chi connectivity index (χ3v) is 4.73. The molecule has 2 aromatic heterocycles. The van der Waals surface area contributed by atoms with E-state index >= 15 is 0 Å². The van der Waals surface area contributed by atoms with Crippen LogP contribution in [-0.2, 0) is 16.1 Å². The smallest absolute Gasteiger partial charge is 0.373 e. The standard InChI is InChI=1S/C24H21N3O4/c1-16(28)26-19-9-7-18(8-10-19)25-13-17-14-27(22-6-4-3-5-21(17)22)15-20-11-12-23(31-20)24(29)30-2/h3-14H,15H2,1-2H3,(H,26,28). The molecule has 7 heteroatoms. The maximum absolute atomic E-state index is 11.6. The van der Waals surface area contributed by atoms with Gasteiger partial charge in [-0.2, -0.15) is 0 Å². The lowest BCUT2D eigenvalue weighted by Gasteiger charge is -2.02. The second kappa shape index (κ2) is 8.71. The molecule has 0 fully saturated rings. The molecule has 0 saturated carbocycles. The maximum Gasteiger partial charge on any atom is 0.373 e. The first-order chi connectivity index (χ1) is 15.0. The van der Waals surface area contributed by atoms with E-state index in [2.05, 4.69) is 14.9 Å². The van der Waals surface area contributed by atoms with Crippen LogP contribution in [0.25, 0.3) is 10.9 Å². The third kappa shape index (κ3) is 4.56. The molecule has 0 aliphatic carbocycles. The fourth-order valence-corrected chi connectivity index (χ4v) is 3.33. The minimum Gasteiger partial charge on any atom is -0.463 e. The van der Waals surface area contributed by atoms with Gasteiger partial charge in [0.2, 0.25) is 11.7 Å². The van der Waals surface area contributed by atoms with E-state index in [-0.39, 0.29) is 11.7 Å². The Hall–Kier alpha value is -4.13. The average Bonchev–Trinajstić information content (AvgIpc) is 3.38. The maximum atomic E-state index is 11.6. The predicted octanol–water partition coefficient (Wildman–Crippen LogP) is 4.78. The summed E-state index contributed by atoms with van der Waals surface area (Å²) < 4.78 is 12.4. The highest BCUT2D eigenvalue weighted by Crippen LogP contribution is 2.23. The van der Waals surface area contributed by atoms with Crippen LogP contribution >= 0.6 is 0 Å². The first-order valence-electron chi connectivity index (χ1n) is 9.70. The number of amides is 1. The summed E-state index contributed by atoms with van der Waals surface area (Å²) in [5.74, 6) is 0.219. The van der Waals surface area contributed by atoms with Crippen molar-refractivity contribution in [2.75, 3.05) is 12.4 Å². The van der Waals surface area contributed by atoms with Gasteiger partial charge in [0.15, 0.2) is 0 Å². The molecule has 31 heavy (non-hydrogen) atoms. The Labute approximate surface area is 179 Å². The Balaban J connectivity index is 1.59. The number of nitrogens with zero attached hydrogens (tertiary/aromatic N) is 2. The number of hydrogen-bond donors (Lipinski definition) is 1. The lowest BCUT2D eigenvalue weighted by atomic mass is 10.2. The molecular formula is C24H21N3O4. The van der Waals surface area contributed by atoms with E-state index in [1.165, 1.54) is 14.0 Å². The van der Waals surface area contributed by atoms with Crippen molar-refractivity contribution in [3.05, 3.63) is 83.9 Å². The summed E-state index contributed by atoms with van der Waals surface area (Å²) in [6.07, 6.45) is 3.81. The van der Waals surface area contributed by atoms with Gasteiger partial charge in [0.25, 0.3) is 0 Å². The SMILES string of the molecule is COC(=O)c1ccc(Cn2cc(C=Nc3ccc(NC(C)=O)cc3)c3ccccc32)o1. The van der Waals surface area contributed by atoms with Crippen LogP contribution in [0.3, 0.4) is 0 Å². The number of rotatable bonds is 6. The highest BCUT2D eigenvalue weighted by Gasteiger charge is 2.13. The van der Waals surface area contributed by atoms with Gasteiger partial charge >= 0.3 is 5.97 Å². The van der Waals surface area contributed by atoms with Gasteiger partial charge in [-0.1, -0.05) is 18.2 Å². The minimum absolute atomic E-state index is 0.112. The first kappa shape index (κ1) is 20.2. The summed E-state index contributed by atoms with van der Waals surface area (Å²) >= 11 is 0. The summed E-state index contributed by atoms with van der Waals surface area (Å²) in [6, 6.07) is 18.7. The lowest BCUT2D eigenvalue weighted by molar-refractivity contribution is -0.114. The van der Waals surface area contributed by atoms with Crippen molar-refractivity contribution < 1.29 is 18.7 Å². The van der Waals surface area contributed by atoms with Crippen molar-refractivity contribution in [1.29, 1.82) is 0 Å². The molecular weight excluding hydrogens is 394 g/mol.